The SMILES string of the molecule is CCCCCC/C=C\C/C=C\CCCCCCCC(=O)OCC(COC(=O)CCCCCCCCCCCCCC/C=C\C/C=C\C/C=C\CCCCCCC)OC(=O)CCCCCCCCCCC/C=C\CCCCCCCCCC. The van der Waals surface area contributed by atoms with Crippen LogP contribution in [0.3, 0.4) is 0 Å². The molecule has 0 aliphatic heterocycles. The Morgan fingerprint density at radius 3 is 0.707 bits per heavy atom. The van der Waals surface area contributed by atoms with E-state index < -0.39 is 6.10 Å². The van der Waals surface area contributed by atoms with E-state index in [0.717, 1.165) is 89.9 Å². The lowest BCUT2D eigenvalue weighted by molar-refractivity contribution is -0.167. The minimum atomic E-state index is -0.785. The molecule has 0 saturated heterocycles. The van der Waals surface area contributed by atoms with Gasteiger partial charge in [-0.3, -0.25) is 14.4 Å². The predicted octanol–water partition coefficient (Wildman–Crippen LogP) is 24.8. The summed E-state index contributed by atoms with van der Waals surface area (Å²) in [5, 5.41) is 0. The lowest BCUT2D eigenvalue weighted by Crippen LogP contribution is -2.30. The fourth-order valence-corrected chi connectivity index (χ4v) is 10.5. The van der Waals surface area contributed by atoms with Crippen LogP contribution in [-0.4, -0.2) is 37.2 Å². The first-order valence-electron chi connectivity index (χ1n) is 35.9. The van der Waals surface area contributed by atoms with Gasteiger partial charge in [0.2, 0.25) is 0 Å². The van der Waals surface area contributed by atoms with E-state index in [9.17, 15) is 14.4 Å². The zero-order chi connectivity index (χ0) is 59.2. The average molecular weight is 1150 g/mol. The van der Waals surface area contributed by atoms with Gasteiger partial charge in [-0.15, -0.1) is 0 Å². The van der Waals surface area contributed by atoms with Gasteiger partial charge >= 0.3 is 17.9 Å². The van der Waals surface area contributed by atoms with Crippen LogP contribution < -0.4 is 0 Å². The van der Waals surface area contributed by atoms with Crippen molar-refractivity contribution in [3.63, 3.8) is 0 Å². The molecule has 1 unspecified atom stereocenters. The molecule has 0 aromatic rings. The molecule has 1 atom stereocenters. The summed E-state index contributed by atoms with van der Waals surface area (Å²) in [5.74, 6) is -0.877. The smallest absolute Gasteiger partial charge is 0.306 e. The summed E-state index contributed by atoms with van der Waals surface area (Å²) in [7, 11) is 0. The van der Waals surface area contributed by atoms with Crippen LogP contribution in [0.5, 0.6) is 0 Å². The number of carbonyl (C=O) groups excluding carboxylic acids is 3. The normalized spacial score (nSPS) is 12.5. The van der Waals surface area contributed by atoms with Crippen molar-refractivity contribution in [2.75, 3.05) is 13.2 Å². The van der Waals surface area contributed by atoms with Crippen LogP contribution in [0, 0.1) is 0 Å². The van der Waals surface area contributed by atoms with Crippen molar-refractivity contribution in [2.45, 2.75) is 380 Å². The van der Waals surface area contributed by atoms with E-state index in [2.05, 4.69) is 93.7 Å². The van der Waals surface area contributed by atoms with Gasteiger partial charge in [-0.25, -0.2) is 0 Å². The Hall–Kier alpha value is -3.15. The van der Waals surface area contributed by atoms with Gasteiger partial charge < -0.3 is 14.2 Å². The van der Waals surface area contributed by atoms with Crippen LogP contribution in [0.2, 0.25) is 0 Å². The summed E-state index contributed by atoms with van der Waals surface area (Å²) >= 11 is 0. The standard InChI is InChI=1S/C76H136O6/c1-4-7-10-13-16-19-22-25-28-31-33-35-36-37-38-39-40-42-43-45-48-51-54-57-60-63-66-69-75(78)81-72-73(71-80-74(77)68-65-62-59-56-53-50-47-30-27-24-21-18-15-12-9-6-3)82-76(79)70-67-64-61-58-55-52-49-46-44-41-34-32-29-26-23-20-17-14-11-8-5-2/h21-22,24-25,30-34,36-37,47,73H,4-20,23,26-29,35,38-46,48-72H2,1-3H3/b24-21-,25-22-,33-31-,34-32-,37-36-,47-30-. The molecule has 0 aromatic heterocycles. The minimum absolute atomic E-state index is 0.0794. The van der Waals surface area contributed by atoms with E-state index in [4.69, 9.17) is 14.2 Å². The van der Waals surface area contributed by atoms with E-state index in [1.54, 1.807) is 0 Å². The number of ether oxygens (including phenoxy) is 3. The minimum Gasteiger partial charge on any atom is -0.462 e. The van der Waals surface area contributed by atoms with E-state index in [-0.39, 0.29) is 31.1 Å². The Balaban J connectivity index is 4.32. The number of carbonyl (C=O) groups is 3. The molecule has 0 rings (SSSR count). The van der Waals surface area contributed by atoms with Crippen molar-refractivity contribution in [3.05, 3.63) is 72.9 Å². The average Bonchev–Trinajstić information content (AvgIpc) is 3.47. The topological polar surface area (TPSA) is 78.9 Å². The highest BCUT2D eigenvalue weighted by molar-refractivity contribution is 5.71. The highest BCUT2D eigenvalue weighted by Gasteiger charge is 2.19. The molecule has 0 heterocycles. The predicted molar refractivity (Wildman–Crippen MR) is 358 cm³/mol. The third-order valence-corrected chi connectivity index (χ3v) is 15.9. The molecule has 0 amide bonds. The van der Waals surface area contributed by atoms with Crippen molar-refractivity contribution in [1.82, 2.24) is 0 Å². The Labute approximate surface area is 510 Å². The number of allylic oxidation sites excluding steroid dienone is 12. The molecule has 82 heavy (non-hydrogen) atoms. The lowest BCUT2D eigenvalue weighted by atomic mass is 10.0. The zero-order valence-electron chi connectivity index (χ0n) is 54.8. The molecule has 0 aliphatic rings. The van der Waals surface area contributed by atoms with Gasteiger partial charge in [0.25, 0.3) is 0 Å². The number of hydrogen-bond donors (Lipinski definition) is 0. The molecule has 476 valence electrons. The van der Waals surface area contributed by atoms with E-state index >= 15 is 0 Å². The fraction of sp³-hybridized carbons (Fsp3) is 0.803. The van der Waals surface area contributed by atoms with Gasteiger partial charge in [0.1, 0.15) is 13.2 Å². The van der Waals surface area contributed by atoms with Gasteiger partial charge in [-0.2, -0.15) is 0 Å². The number of rotatable bonds is 66. The Morgan fingerprint density at radius 1 is 0.244 bits per heavy atom. The molecule has 0 radical (unpaired) electrons. The molecule has 0 N–H and O–H groups in total. The second-order valence-electron chi connectivity index (χ2n) is 24.1. The molecular formula is C76H136O6. The fourth-order valence-electron chi connectivity index (χ4n) is 10.5. The maximum atomic E-state index is 13.0. The van der Waals surface area contributed by atoms with Gasteiger partial charge in [0.05, 0.1) is 0 Å². The molecule has 0 bridgehead atoms. The number of hydrogen-bond acceptors (Lipinski definition) is 6. The molecule has 0 spiro atoms. The maximum Gasteiger partial charge on any atom is 0.306 e. The maximum absolute atomic E-state index is 13.0. The van der Waals surface area contributed by atoms with Crippen LogP contribution in [0.1, 0.15) is 374 Å². The highest BCUT2D eigenvalue weighted by atomic mass is 16.6. The van der Waals surface area contributed by atoms with E-state index in [1.807, 2.05) is 0 Å². The van der Waals surface area contributed by atoms with E-state index in [1.165, 1.54) is 244 Å². The molecule has 0 aromatic carbocycles. The van der Waals surface area contributed by atoms with Gasteiger partial charge in [-0.05, 0) is 116 Å². The van der Waals surface area contributed by atoms with Crippen molar-refractivity contribution < 1.29 is 28.6 Å². The largest absolute Gasteiger partial charge is 0.462 e. The lowest BCUT2D eigenvalue weighted by Gasteiger charge is -2.18. The van der Waals surface area contributed by atoms with Crippen molar-refractivity contribution in [1.29, 1.82) is 0 Å². The molecule has 0 aliphatic carbocycles. The zero-order valence-corrected chi connectivity index (χ0v) is 54.8. The Kier molecular flexibility index (Phi) is 67.6. The Bertz CT molecular complexity index is 1500. The Morgan fingerprint density at radius 2 is 0.439 bits per heavy atom. The van der Waals surface area contributed by atoms with Crippen molar-refractivity contribution in [2.24, 2.45) is 0 Å². The molecule has 0 fully saturated rings. The number of esters is 3. The van der Waals surface area contributed by atoms with Gasteiger partial charge in [0, 0.05) is 19.3 Å². The van der Waals surface area contributed by atoms with Crippen LogP contribution >= 0.6 is 0 Å². The first-order chi connectivity index (χ1) is 40.5. The quantitative estimate of drug-likeness (QED) is 0.0261. The summed E-state index contributed by atoms with van der Waals surface area (Å²) in [5.41, 5.74) is 0. The van der Waals surface area contributed by atoms with Crippen LogP contribution in [0.15, 0.2) is 72.9 Å². The summed E-state index contributed by atoms with van der Waals surface area (Å²) < 4.78 is 17.0. The second kappa shape index (κ2) is 70.3. The van der Waals surface area contributed by atoms with E-state index in [0.29, 0.717) is 19.3 Å². The first-order valence-corrected chi connectivity index (χ1v) is 35.9. The van der Waals surface area contributed by atoms with Crippen molar-refractivity contribution >= 4 is 17.9 Å². The third kappa shape index (κ3) is 67.6. The van der Waals surface area contributed by atoms with Crippen LogP contribution in [-0.2, 0) is 28.6 Å². The second-order valence-corrected chi connectivity index (χ2v) is 24.1. The molecule has 6 nitrogen and oxygen atoms in total. The van der Waals surface area contributed by atoms with Crippen molar-refractivity contribution in [3.8, 4) is 0 Å². The summed E-state index contributed by atoms with van der Waals surface area (Å²) in [6, 6.07) is 0. The van der Waals surface area contributed by atoms with Gasteiger partial charge in [0.15, 0.2) is 6.10 Å². The van der Waals surface area contributed by atoms with Gasteiger partial charge in [-0.1, -0.05) is 312 Å². The monoisotopic (exact) mass is 1150 g/mol. The summed E-state index contributed by atoms with van der Waals surface area (Å²) in [6.07, 6.45) is 92.1. The molecule has 0 saturated carbocycles. The third-order valence-electron chi connectivity index (χ3n) is 15.9. The first kappa shape index (κ1) is 78.8. The molecular weight excluding hydrogens is 1010 g/mol. The summed E-state index contributed by atoms with van der Waals surface area (Å²) in [6.45, 7) is 6.65. The highest BCUT2D eigenvalue weighted by Crippen LogP contribution is 2.17. The molecule has 6 heteroatoms. The number of unbranched alkanes of at least 4 members (excludes halogenated alkanes) is 43. The van der Waals surface area contributed by atoms with Crippen LogP contribution in [0.25, 0.3) is 0 Å². The summed E-state index contributed by atoms with van der Waals surface area (Å²) in [4.78, 5) is 38.5. The van der Waals surface area contributed by atoms with Crippen LogP contribution in [0.4, 0.5) is 0 Å².